The standard InChI is InChI=1S/C14H14ClNOS/c1-2-12(17)10-6-3-4-8-13(10)18-14-11(15)7-5-9-16-14/h3-9,12,17H,2H2,1H3. The first-order chi connectivity index (χ1) is 8.72. The summed E-state index contributed by atoms with van der Waals surface area (Å²) in [5.41, 5.74) is 0.923. The van der Waals surface area contributed by atoms with Crippen LogP contribution < -0.4 is 0 Å². The van der Waals surface area contributed by atoms with Gasteiger partial charge in [-0.25, -0.2) is 4.98 Å². The van der Waals surface area contributed by atoms with Crippen LogP contribution >= 0.6 is 23.4 Å². The van der Waals surface area contributed by atoms with Crippen LogP contribution in [0.2, 0.25) is 5.02 Å². The number of aliphatic hydroxyl groups is 1. The van der Waals surface area contributed by atoms with Crippen LogP contribution in [0.5, 0.6) is 0 Å². The first-order valence-corrected chi connectivity index (χ1v) is 6.97. The molecule has 0 bridgehead atoms. The summed E-state index contributed by atoms with van der Waals surface area (Å²) in [5, 5.41) is 11.4. The SMILES string of the molecule is CCC(O)c1ccccc1Sc1ncccc1Cl. The molecule has 0 saturated carbocycles. The van der Waals surface area contributed by atoms with Crippen LogP contribution in [0.4, 0.5) is 0 Å². The second kappa shape index (κ2) is 6.23. The molecule has 0 radical (unpaired) electrons. The van der Waals surface area contributed by atoms with Gasteiger partial charge in [0.15, 0.2) is 0 Å². The Labute approximate surface area is 116 Å². The van der Waals surface area contributed by atoms with Crippen LogP contribution in [0.1, 0.15) is 25.0 Å². The molecule has 1 aromatic heterocycles. The molecular weight excluding hydrogens is 266 g/mol. The van der Waals surface area contributed by atoms with Gasteiger partial charge in [-0.05, 0) is 30.2 Å². The number of hydrogen-bond acceptors (Lipinski definition) is 3. The molecule has 94 valence electrons. The number of hydrogen-bond donors (Lipinski definition) is 1. The molecule has 18 heavy (non-hydrogen) atoms. The lowest BCUT2D eigenvalue weighted by molar-refractivity contribution is 0.171. The van der Waals surface area contributed by atoms with Crippen molar-refractivity contribution in [2.45, 2.75) is 29.4 Å². The average molecular weight is 280 g/mol. The number of nitrogens with zero attached hydrogens (tertiary/aromatic N) is 1. The van der Waals surface area contributed by atoms with Gasteiger partial charge >= 0.3 is 0 Å². The summed E-state index contributed by atoms with van der Waals surface area (Å²) < 4.78 is 0. The Morgan fingerprint density at radius 1 is 1.28 bits per heavy atom. The van der Waals surface area contributed by atoms with Crippen LogP contribution in [0, 0.1) is 0 Å². The summed E-state index contributed by atoms with van der Waals surface area (Å²) in [6.45, 7) is 1.96. The molecule has 1 atom stereocenters. The Balaban J connectivity index is 2.32. The predicted octanol–water partition coefficient (Wildman–Crippen LogP) is 4.33. The zero-order chi connectivity index (χ0) is 13.0. The van der Waals surface area contributed by atoms with Gasteiger partial charge in [0.2, 0.25) is 0 Å². The summed E-state index contributed by atoms with van der Waals surface area (Å²) in [4.78, 5) is 5.24. The minimum absolute atomic E-state index is 0.448. The first-order valence-electron chi connectivity index (χ1n) is 5.77. The van der Waals surface area contributed by atoms with Crippen LogP contribution in [-0.2, 0) is 0 Å². The topological polar surface area (TPSA) is 33.1 Å². The Kier molecular flexibility index (Phi) is 4.64. The van der Waals surface area contributed by atoms with Crippen LogP contribution in [-0.4, -0.2) is 10.1 Å². The fourth-order valence-electron chi connectivity index (χ4n) is 1.62. The Bertz CT molecular complexity index is 533. The maximum atomic E-state index is 9.99. The molecule has 2 rings (SSSR count). The first kappa shape index (κ1) is 13.4. The Hall–Kier alpha value is -1.03. The Morgan fingerprint density at radius 3 is 2.78 bits per heavy atom. The zero-order valence-corrected chi connectivity index (χ0v) is 11.6. The number of rotatable bonds is 4. The molecule has 1 aromatic carbocycles. The number of benzene rings is 1. The quantitative estimate of drug-likeness (QED) is 0.904. The van der Waals surface area contributed by atoms with Gasteiger partial charge < -0.3 is 5.11 Å². The molecule has 1 heterocycles. The maximum absolute atomic E-state index is 9.99. The van der Waals surface area contributed by atoms with Crippen molar-refractivity contribution < 1.29 is 5.11 Å². The van der Waals surface area contributed by atoms with E-state index in [2.05, 4.69) is 4.98 Å². The molecular formula is C14H14ClNOS. The lowest BCUT2D eigenvalue weighted by atomic mass is 10.1. The van der Waals surface area contributed by atoms with E-state index in [1.54, 1.807) is 12.3 Å². The molecule has 1 N–H and O–H groups in total. The molecule has 1 unspecified atom stereocenters. The van der Waals surface area contributed by atoms with E-state index < -0.39 is 6.10 Å². The summed E-state index contributed by atoms with van der Waals surface area (Å²) in [6, 6.07) is 11.4. The highest BCUT2D eigenvalue weighted by Gasteiger charge is 2.12. The smallest absolute Gasteiger partial charge is 0.119 e. The van der Waals surface area contributed by atoms with E-state index >= 15 is 0 Å². The van der Waals surface area contributed by atoms with Crippen molar-refractivity contribution in [1.29, 1.82) is 0 Å². The number of halogens is 1. The summed E-state index contributed by atoms with van der Waals surface area (Å²) >= 11 is 7.58. The monoisotopic (exact) mass is 279 g/mol. The van der Waals surface area contributed by atoms with Gasteiger partial charge in [-0.1, -0.05) is 48.5 Å². The fraction of sp³-hybridized carbons (Fsp3) is 0.214. The third-order valence-electron chi connectivity index (χ3n) is 2.60. The predicted molar refractivity (Wildman–Crippen MR) is 75.1 cm³/mol. The number of pyridine rings is 1. The highest BCUT2D eigenvalue weighted by Crippen LogP contribution is 2.35. The van der Waals surface area contributed by atoms with Crippen molar-refractivity contribution in [2.75, 3.05) is 0 Å². The fourth-order valence-corrected chi connectivity index (χ4v) is 2.81. The molecule has 0 amide bonds. The van der Waals surface area contributed by atoms with Crippen molar-refractivity contribution in [3.8, 4) is 0 Å². The second-order valence-corrected chi connectivity index (χ2v) is 5.29. The molecule has 2 aromatic rings. The molecule has 0 aliphatic carbocycles. The van der Waals surface area contributed by atoms with Crippen molar-refractivity contribution in [3.05, 3.63) is 53.2 Å². The highest BCUT2D eigenvalue weighted by atomic mass is 35.5. The van der Waals surface area contributed by atoms with Crippen molar-refractivity contribution in [1.82, 2.24) is 4.98 Å². The van der Waals surface area contributed by atoms with Crippen LogP contribution in [0.15, 0.2) is 52.5 Å². The van der Waals surface area contributed by atoms with E-state index in [4.69, 9.17) is 11.6 Å². The van der Waals surface area contributed by atoms with E-state index in [0.29, 0.717) is 11.4 Å². The minimum atomic E-state index is -0.448. The lowest BCUT2D eigenvalue weighted by Gasteiger charge is -2.13. The van der Waals surface area contributed by atoms with Gasteiger partial charge in [-0.15, -0.1) is 0 Å². The second-order valence-electron chi connectivity index (χ2n) is 3.85. The Morgan fingerprint density at radius 2 is 2.06 bits per heavy atom. The van der Waals surface area contributed by atoms with E-state index in [-0.39, 0.29) is 0 Å². The molecule has 0 aliphatic rings. The van der Waals surface area contributed by atoms with Crippen molar-refractivity contribution >= 4 is 23.4 Å². The van der Waals surface area contributed by atoms with Gasteiger partial charge in [0.25, 0.3) is 0 Å². The zero-order valence-electron chi connectivity index (χ0n) is 10.0. The van der Waals surface area contributed by atoms with E-state index in [1.807, 2.05) is 37.3 Å². The highest BCUT2D eigenvalue weighted by molar-refractivity contribution is 7.99. The van der Waals surface area contributed by atoms with E-state index in [1.165, 1.54) is 11.8 Å². The molecule has 0 aliphatic heterocycles. The van der Waals surface area contributed by atoms with Gasteiger partial charge in [-0.2, -0.15) is 0 Å². The average Bonchev–Trinajstić information content (AvgIpc) is 2.41. The van der Waals surface area contributed by atoms with Crippen LogP contribution in [0.25, 0.3) is 0 Å². The molecule has 4 heteroatoms. The minimum Gasteiger partial charge on any atom is -0.388 e. The van der Waals surface area contributed by atoms with E-state index in [9.17, 15) is 5.11 Å². The van der Waals surface area contributed by atoms with Gasteiger partial charge in [-0.3, -0.25) is 0 Å². The van der Waals surface area contributed by atoms with Gasteiger partial charge in [0.1, 0.15) is 5.03 Å². The lowest BCUT2D eigenvalue weighted by Crippen LogP contribution is -1.97. The van der Waals surface area contributed by atoms with Crippen LogP contribution in [0.3, 0.4) is 0 Å². The largest absolute Gasteiger partial charge is 0.388 e. The van der Waals surface area contributed by atoms with Crippen molar-refractivity contribution in [2.24, 2.45) is 0 Å². The van der Waals surface area contributed by atoms with E-state index in [0.717, 1.165) is 15.5 Å². The summed E-state index contributed by atoms with van der Waals surface area (Å²) in [7, 11) is 0. The summed E-state index contributed by atoms with van der Waals surface area (Å²) in [5.74, 6) is 0. The van der Waals surface area contributed by atoms with Gasteiger partial charge in [0.05, 0.1) is 11.1 Å². The number of aromatic nitrogens is 1. The molecule has 0 spiro atoms. The number of aliphatic hydroxyl groups excluding tert-OH is 1. The van der Waals surface area contributed by atoms with Crippen molar-refractivity contribution in [3.63, 3.8) is 0 Å². The van der Waals surface area contributed by atoms with Gasteiger partial charge in [0, 0.05) is 11.1 Å². The third-order valence-corrected chi connectivity index (χ3v) is 4.12. The molecule has 2 nitrogen and oxygen atoms in total. The third kappa shape index (κ3) is 3.05. The molecule has 0 saturated heterocycles. The summed E-state index contributed by atoms with van der Waals surface area (Å²) in [6.07, 6.45) is 1.96. The maximum Gasteiger partial charge on any atom is 0.119 e. The normalized spacial score (nSPS) is 12.4. The molecule has 0 fully saturated rings.